The SMILES string of the molecule is CC(C)(C)c1ccc(-c2nccc3[nH]ccc23)cc1. The fourth-order valence-electron chi connectivity index (χ4n) is 2.34. The number of nitrogens with zero attached hydrogens (tertiary/aromatic N) is 1. The van der Waals surface area contributed by atoms with Crippen LogP contribution in [0.3, 0.4) is 0 Å². The molecule has 0 fully saturated rings. The van der Waals surface area contributed by atoms with Gasteiger partial charge in [0.1, 0.15) is 0 Å². The number of H-pyrrole nitrogens is 1. The van der Waals surface area contributed by atoms with E-state index in [2.05, 4.69) is 61.1 Å². The lowest BCUT2D eigenvalue weighted by Gasteiger charge is -2.19. The van der Waals surface area contributed by atoms with E-state index < -0.39 is 0 Å². The number of aromatic nitrogens is 2. The first-order valence-corrected chi connectivity index (χ1v) is 6.59. The van der Waals surface area contributed by atoms with E-state index in [4.69, 9.17) is 0 Å². The largest absolute Gasteiger partial charge is 0.361 e. The fourth-order valence-corrected chi connectivity index (χ4v) is 2.34. The van der Waals surface area contributed by atoms with Gasteiger partial charge in [-0.15, -0.1) is 0 Å². The maximum absolute atomic E-state index is 4.52. The minimum Gasteiger partial charge on any atom is -0.361 e. The Morgan fingerprint density at radius 2 is 1.68 bits per heavy atom. The summed E-state index contributed by atoms with van der Waals surface area (Å²) >= 11 is 0. The van der Waals surface area contributed by atoms with Crippen LogP contribution in [0, 0.1) is 0 Å². The summed E-state index contributed by atoms with van der Waals surface area (Å²) in [5, 5.41) is 1.17. The molecule has 0 aliphatic carbocycles. The predicted octanol–water partition coefficient (Wildman–Crippen LogP) is 4.53. The van der Waals surface area contributed by atoms with Gasteiger partial charge in [0, 0.05) is 28.9 Å². The van der Waals surface area contributed by atoms with Crippen molar-refractivity contribution >= 4 is 10.9 Å². The Kier molecular flexibility index (Phi) is 2.67. The van der Waals surface area contributed by atoms with Crippen molar-refractivity contribution in [1.82, 2.24) is 9.97 Å². The Balaban J connectivity index is 2.10. The van der Waals surface area contributed by atoms with E-state index in [0.29, 0.717) is 0 Å². The maximum atomic E-state index is 4.52. The van der Waals surface area contributed by atoms with E-state index in [1.54, 1.807) is 0 Å². The lowest BCUT2D eigenvalue weighted by molar-refractivity contribution is 0.590. The molecule has 3 rings (SSSR count). The number of hydrogen-bond acceptors (Lipinski definition) is 1. The minimum atomic E-state index is 0.187. The van der Waals surface area contributed by atoms with Crippen LogP contribution in [-0.4, -0.2) is 9.97 Å². The Bertz CT molecular complexity index is 700. The van der Waals surface area contributed by atoms with Crippen LogP contribution in [0.4, 0.5) is 0 Å². The lowest BCUT2D eigenvalue weighted by atomic mass is 9.86. The highest BCUT2D eigenvalue weighted by atomic mass is 14.7. The Morgan fingerprint density at radius 3 is 2.37 bits per heavy atom. The molecular weight excluding hydrogens is 232 g/mol. The molecule has 96 valence electrons. The average molecular weight is 250 g/mol. The Morgan fingerprint density at radius 1 is 0.947 bits per heavy atom. The maximum Gasteiger partial charge on any atom is 0.0795 e. The normalized spacial score (nSPS) is 11.9. The molecular formula is C17H18N2. The van der Waals surface area contributed by atoms with Crippen molar-refractivity contribution in [3.63, 3.8) is 0 Å². The summed E-state index contributed by atoms with van der Waals surface area (Å²) in [5.41, 5.74) is 4.87. The van der Waals surface area contributed by atoms with Gasteiger partial charge in [0.25, 0.3) is 0 Å². The number of fused-ring (bicyclic) bond motifs is 1. The summed E-state index contributed by atoms with van der Waals surface area (Å²) in [4.78, 5) is 7.75. The number of aromatic amines is 1. The standard InChI is InChI=1S/C17H18N2/c1-17(2,3)13-6-4-12(5-7-13)16-14-8-10-18-15(14)9-11-19-16/h4-11,18H,1-3H3. The van der Waals surface area contributed by atoms with Crippen LogP contribution in [0.5, 0.6) is 0 Å². The third-order valence-corrected chi connectivity index (χ3v) is 3.50. The van der Waals surface area contributed by atoms with Crippen molar-refractivity contribution in [2.24, 2.45) is 0 Å². The van der Waals surface area contributed by atoms with Crippen molar-refractivity contribution in [1.29, 1.82) is 0 Å². The van der Waals surface area contributed by atoms with Crippen LogP contribution in [0.15, 0.2) is 48.8 Å². The second kappa shape index (κ2) is 4.23. The van der Waals surface area contributed by atoms with Gasteiger partial charge in [0.05, 0.1) is 5.69 Å². The fraction of sp³-hybridized carbons (Fsp3) is 0.235. The van der Waals surface area contributed by atoms with E-state index in [-0.39, 0.29) is 5.41 Å². The van der Waals surface area contributed by atoms with Crippen LogP contribution in [-0.2, 0) is 5.41 Å². The number of pyridine rings is 1. The van der Waals surface area contributed by atoms with Gasteiger partial charge in [-0.25, -0.2) is 0 Å². The zero-order valence-electron chi connectivity index (χ0n) is 11.6. The molecule has 0 bridgehead atoms. The molecule has 0 radical (unpaired) electrons. The van der Waals surface area contributed by atoms with Gasteiger partial charge in [-0.1, -0.05) is 45.0 Å². The van der Waals surface area contributed by atoms with Gasteiger partial charge in [-0.05, 0) is 23.1 Å². The molecule has 2 heterocycles. The zero-order valence-corrected chi connectivity index (χ0v) is 11.6. The predicted molar refractivity (Wildman–Crippen MR) is 80.2 cm³/mol. The zero-order chi connectivity index (χ0) is 13.5. The quantitative estimate of drug-likeness (QED) is 0.675. The lowest BCUT2D eigenvalue weighted by Crippen LogP contribution is -2.10. The van der Waals surface area contributed by atoms with Crippen molar-refractivity contribution in [2.45, 2.75) is 26.2 Å². The molecule has 1 N–H and O–H groups in total. The van der Waals surface area contributed by atoms with E-state index >= 15 is 0 Å². The molecule has 0 aliphatic heterocycles. The summed E-state index contributed by atoms with van der Waals surface area (Å²) in [6, 6.07) is 12.8. The van der Waals surface area contributed by atoms with Gasteiger partial charge in [0.2, 0.25) is 0 Å². The first-order chi connectivity index (χ1) is 9.05. The minimum absolute atomic E-state index is 0.187. The van der Waals surface area contributed by atoms with Crippen molar-refractivity contribution < 1.29 is 0 Å². The third kappa shape index (κ3) is 2.14. The highest BCUT2D eigenvalue weighted by molar-refractivity contribution is 5.92. The molecule has 19 heavy (non-hydrogen) atoms. The molecule has 2 aromatic heterocycles. The van der Waals surface area contributed by atoms with E-state index in [9.17, 15) is 0 Å². The van der Waals surface area contributed by atoms with Gasteiger partial charge in [0.15, 0.2) is 0 Å². The van der Waals surface area contributed by atoms with Gasteiger partial charge < -0.3 is 4.98 Å². The molecule has 1 aromatic carbocycles. The van der Waals surface area contributed by atoms with Gasteiger partial charge in [-0.2, -0.15) is 0 Å². The van der Waals surface area contributed by atoms with E-state index in [0.717, 1.165) is 11.2 Å². The summed E-state index contributed by atoms with van der Waals surface area (Å²) in [5.74, 6) is 0. The van der Waals surface area contributed by atoms with Crippen LogP contribution in [0.1, 0.15) is 26.3 Å². The van der Waals surface area contributed by atoms with Gasteiger partial charge >= 0.3 is 0 Å². The number of rotatable bonds is 1. The number of hydrogen-bond donors (Lipinski definition) is 1. The number of benzene rings is 1. The molecule has 0 spiro atoms. The van der Waals surface area contributed by atoms with Crippen LogP contribution in [0.2, 0.25) is 0 Å². The van der Waals surface area contributed by atoms with Crippen molar-refractivity contribution in [3.05, 3.63) is 54.4 Å². The van der Waals surface area contributed by atoms with Crippen LogP contribution in [0.25, 0.3) is 22.2 Å². The smallest absolute Gasteiger partial charge is 0.0795 e. The van der Waals surface area contributed by atoms with Crippen molar-refractivity contribution in [3.8, 4) is 11.3 Å². The topological polar surface area (TPSA) is 28.7 Å². The number of nitrogens with one attached hydrogen (secondary N) is 1. The molecule has 0 unspecified atom stereocenters. The second-order valence-corrected chi connectivity index (χ2v) is 5.93. The van der Waals surface area contributed by atoms with Crippen LogP contribution < -0.4 is 0 Å². The molecule has 0 saturated heterocycles. The molecule has 2 heteroatoms. The molecule has 0 aliphatic rings. The summed E-state index contributed by atoms with van der Waals surface area (Å²) in [7, 11) is 0. The molecule has 2 nitrogen and oxygen atoms in total. The van der Waals surface area contributed by atoms with Crippen molar-refractivity contribution in [2.75, 3.05) is 0 Å². The molecule has 3 aromatic rings. The Hall–Kier alpha value is -2.09. The summed E-state index contributed by atoms with van der Waals surface area (Å²) in [6.07, 6.45) is 3.81. The first-order valence-electron chi connectivity index (χ1n) is 6.59. The average Bonchev–Trinajstić information content (AvgIpc) is 2.86. The Labute approximate surface area is 113 Å². The highest BCUT2D eigenvalue weighted by Gasteiger charge is 2.13. The summed E-state index contributed by atoms with van der Waals surface area (Å²) < 4.78 is 0. The molecule has 0 atom stereocenters. The second-order valence-electron chi connectivity index (χ2n) is 5.93. The third-order valence-electron chi connectivity index (χ3n) is 3.50. The summed E-state index contributed by atoms with van der Waals surface area (Å²) in [6.45, 7) is 6.69. The van der Waals surface area contributed by atoms with E-state index in [1.807, 2.05) is 18.5 Å². The molecule has 0 saturated carbocycles. The van der Waals surface area contributed by atoms with Gasteiger partial charge in [-0.3, -0.25) is 4.98 Å². The van der Waals surface area contributed by atoms with E-state index in [1.165, 1.54) is 16.5 Å². The monoisotopic (exact) mass is 250 g/mol. The molecule has 0 amide bonds. The van der Waals surface area contributed by atoms with Crippen LogP contribution >= 0.6 is 0 Å². The highest BCUT2D eigenvalue weighted by Crippen LogP contribution is 2.28. The first kappa shape index (κ1) is 12.0.